The van der Waals surface area contributed by atoms with E-state index in [0.29, 0.717) is 0 Å². The van der Waals surface area contributed by atoms with Crippen LogP contribution in [0.25, 0.3) is 0 Å². The molecule has 2 heteroatoms. The lowest BCUT2D eigenvalue weighted by molar-refractivity contribution is -0.114. The second-order valence-electron chi connectivity index (χ2n) is 7.58. The molecule has 0 radical (unpaired) electrons. The van der Waals surface area contributed by atoms with E-state index >= 15 is 0 Å². The summed E-state index contributed by atoms with van der Waals surface area (Å²) < 4.78 is 6.61. The van der Waals surface area contributed by atoms with Crippen molar-refractivity contribution in [3.05, 3.63) is 82.1 Å². The van der Waals surface area contributed by atoms with Gasteiger partial charge in [0.25, 0.3) is 0 Å². The number of carbonyl (C=O) groups excluding carboxylic acids is 1. The molecular weight excluding hydrogens is 308 g/mol. The number of ketones is 1. The molecule has 25 heavy (non-hydrogen) atoms. The summed E-state index contributed by atoms with van der Waals surface area (Å²) in [4.78, 5) is 12.4. The van der Waals surface area contributed by atoms with Crippen LogP contribution < -0.4 is 0 Å². The first-order chi connectivity index (χ1) is 11.9. The Bertz CT molecular complexity index is 820. The molecule has 1 saturated carbocycles. The third-order valence-corrected chi connectivity index (χ3v) is 5.83. The largest absolute Gasteiger partial charge is 0.481 e. The minimum atomic E-state index is -0.598. The molecule has 4 rings (SSSR count). The second kappa shape index (κ2) is 5.32. The van der Waals surface area contributed by atoms with Crippen molar-refractivity contribution in [2.75, 3.05) is 0 Å². The summed E-state index contributed by atoms with van der Waals surface area (Å²) in [6.45, 7) is 7.80. The van der Waals surface area contributed by atoms with E-state index in [-0.39, 0.29) is 11.2 Å². The molecule has 2 aliphatic rings. The van der Waals surface area contributed by atoms with E-state index in [1.165, 1.54) is 11.1 Å². The molecule has 0 aromatic heterocycles. The first-order valence-corrected chi connectivity index (χ1v) is 8.96. The van der Waals surface area contributed by atoms with Gasteiger partial charge in [-0.1, -0.05) is 59.7 Å². The average molecular weight is 332 g/mol. The lowest BCUT2D eigenvalue weighted by Crippen LogP contribution is -2.38. The molecule has 1 heterocycles. The summed E-state index contributed by atoms with van der Waals surface area (Å²) in [7, 11) is 0. The Hall–Kier alpha value is -2.35. The maximum atomic E-state index is 12.4. The number of hydrogen-bond acceptors (Lipinski definition) is 2. The number of Topliss-reactive ketones (excluding diaryl/α,β-unsaturated/α-hetero) is 1. The number of hydrogen-bond donors (Lipinski definition) is 0. The standard InChI is InChI=1S/C23H24O2/c1-15-5-9-19(10-6-15)23(20-11-7-16(2)8-12-20)22(13-14-22)21(17(3)24)18(4)25-23/h5-12H,13-14H2,1-4H3. The quantitative estimate of drug-likeness (QED) is 0.770. The summed E-state index contributed by atoms with van der Waals surface area (Å²) in [5, 5.41) is 0. The SMILES string of the molecule is CC(=O)C1=C(C)OC(c2ccc(C)cc2)(c2ccc(C)cc2)C12CC2. The summed E-state index contributed by atoms with van der Waals surface area (Å²) in [5.41, 5.74) is 4.77. The summed E-state index contributed by atoms with van der Waals surface area (Å²) >= 11 is 0. The Balaban J connectivity index is 1.98. The number of aryl methyl sites for hydroxylation is 2. The number of rotatable bonds is 3. The van der Waals surface area contributed by atoms with E-state index in [1.807, 2.05) is 6.92 Å². The van der Waals surface area contributed by atoms with E-state index in [0.717, 1.165) is 35.3 Å². The second-order valence-corrected chi connectivity index (χ2v) is 7.58. The fraction of sp³-hybridized carbons (Fsp3) is 0.348. The first kappa shape index (κ1) is 16.1. The lowest BCUT2D eigenvalue weighted by atomic mass is 9.70. The molecule has 1 spiro atoms. The smallest absolute Gasteiger partial charge is 0.168 e. The van der Waals surface area contributed by atoms with Crippen LogP contribution in [-0.4, -0.2) is 5.78 Å². The van der Waals surface area contributed by atoms with Gasteiger partial charge in [-0.05, 0) is 40.5 Å². The Kier molecular flexibility index (Phi) is 3.44. The third-order valence-electron chi connectivity index (χ3n) is 5.83. The Morgan fingerprint density at radius 1 is 0.840 bits per heavy atom. The van der Waals surface area contributed by atoms with Crippen molar-refractivity contribution < 1.29 is 9.53 Å². The number of carbonyl (C=O) groups is 1. The molecule has 0 saturated heterocycles. The molecular formula is C23H24O2. The molecule has 0 bridgehead atoms. The van der Waals surface area contributed by atoms with Gasteiger partial charge in [0.15, 0.2) is 11.4 Å². The maximum Gasteiger partial charge on any atom is 0.168 e. The molecule has 0 unspecified atom stereocenters. The van der Waals surface area contributed by atoms with Crippen molar-refractivity contribution in [2.24, 2.45) is 5.41 Å². The van der Waals surface area contributed by atoms with E-state index in [1.54, 1.807) is 6.92 Å². The molecule has 0 atom stereocenters. The van der Waals surface area contributed by atoms with Gasteiger partial charge in [-0.2, -0.15) is 0 Å². The molecule has 1 fully saturated rings. The van der Waals surface area contributed by atoms with Crippen molar-refractivity contribution in [1.29, 1.82) is 0 Å². The van der Waals surface area contributed by atoms with Crippen LogP contribution in [0.2, 0.25) is 0 Å². The molecule has 2 aromatic rings. The molecule has 2 nitrogen and oxygen atoms in total. The Labute approximate surface area is 149 Å². The predicted octanol–water partition coefficient (Wildman–Crippen LogP) is 5.22. The fourth-order valence-electron chi connectivity index (χ4n) is 4.62. The molecule has 1 aliphatic carbocycles. The van der Waals surface area contributed by atoms with Crippen LogP contribution in [0.4, 0.5) is 0 Å². The summed E-state index contributed by atoms with van der Waals surface area (Å²) in [6.07, 6.45) is 1.97. The van der Waals surface area contributed by atoms with Crippen molar-refractivity contribution in [1.82, 2.24) is 0 Å². The fourth-order valence-corrected chi connectivity index (χ4v) is 4.62. The average Bonchev–Trinajstić information content (AvgIpc) is 3.30. The van der Waals surface area contributed by atoms with E-state index < -0.39 is 5.60 Å². The Morgan fingerprint density at radius 3 is 1.64 bits per heavy atom. The van der Waals surface area contributed by atoms with E-state index in [2.05, 4.69) is 62.4 Å². The number of allylic oxidation sites excluding steroid dienone is 1. The van der Waals surface area contributed by atoms with Crippen molar-refractivity contribution >= 4 is 5.78 Å². The van der Waals surface area contributed by atoms with Crippen LogP contribution in [0, 0.1) is 19.3 Å². The van der Waals surface area contributed by atoms with Crippen LogP contribution >= 0.6 is 0 Å². The Morgan fingerprint density at radius 2 is 1.28 bits per heavy atom. The zero-order valence-electron chi connectivity index (χ0n) is 15.3. The zero-order chi connectivity index (χ0) is 17.8. The van der Waals surface area contributed by atoms with Gasteiger partial charge in [0.05, 0.1) is 5.41 Å². The van der Waals surface area contributed by atoms with Crippen LogP contribution in [0.5, 0.6) is 0 Å². The van der Waals surface area contributed by atoms with Crippen molar-refractivity contribution in [3.63, 3.8) is 0 Å². The normalized spacial score (nSPS) is 19.8. The molecule has 128 valence electrons. The van der Waals surface area contributed by atoms with Gasteiger partial charge in [-0.25, -0.2) is 0 Å². The maximum absolute atomic E-state index is 12.4. The number of ether oxygens (including phenoxy) is 1. The zero-order valence-corrected chi connectivity index (χ0v) is 15.3. The first-order valence-electron chi connectivity index (χ1n) is 8.96. The van der Waals surface area contributed by atoms with Gasteiger partial charge in [0.1, 0.15) is 5.76 Å². The van der Waals surface area contributed by atoms with Crippen LogP contribution in [0.15, 0.2) is 59.9 Å². The van der Waals surface area contributed by atoms with E-state index in [4.69, 9.17) is 4.74 Å². The predicted molar refractivity (Wildman–Crippen MR) is 99.3 cm³/mol. The highest BCUT2D eigenvalue weighted by Gasteiger charge is 2.69. The topological polar surface area (TPSA) is 26.3 Å². The third kappa shape index (κ3) is 2.13. The number of benzene rings is 2. The van der Waals surface area contributed by atoms with E-state index in [9.17, 15) is 4.79 Å². The van der Waals surface area contributed by atoms with Gasteiger partial charge in [-0.3, -0.25) is 4.79 Å². The molecule has 1 aliphatic heterocycles. The van der Waals surface area contributed by atoms with Crippen LogP contribution in [0.3, 0.4) is 0 Å². The van der Waals surface area contributed by atoms with Gasteiger partial charge in [0.2, 0.25) is 0 Å². The monoisotopic (exact) mass is 332 g/mol. The van der Waals surface area contributed by atoms with Gasteiger partial charge >= 0.3 is 0 Å². The highest BCUT2D eigenvalue weighted by molar-refractivity contribution is 5.97. The highest BCUT2D eigenvalue weighted by atomic mass is 16.5. The molecule has 2 aromatic carbocycles. The highest BCUT2D eigenvalue weighted by Crippen LogP contribution is 2.71. The van der Waals surface area contributed by atoms with Crippen molar-refractivity contribution in [3.8, 4) is 0 Å². The summed E-state index contributed by atoms with van der Waals surface area (Å²) in [5.74, 6) is 0.919. The van der Waals surface area contributed by atoms with Crippen LogP contribution in [-0.2, 0) is 15.1 Å². The van der Waals surface area contributed by atoms with Crippen molar-refractivity contribution in [2.45, 2.75) is 46.1 Å². The molecule has 0 N–H and O–H groups in total. The lowest BCUT2D eigenvalue weighted by Gasteiger charge is -2.37. The van der Waals surface area contributed by atoms with Gasteiger partial charge in [-0.15, -0.1) is 0 Å². The minimum absolute atomic E-state index is 0.135. The minimum Gasteiger partial charge on any atom is -0.481 e. The molecule has 0 amide bonds. The summed E-state index contributed by atoms with van der Waals surface area (Å²) in [6, 6.07) is 17.2. The van der Waals surface area contributed by atoms with Gasteiger partial charge < -0.3 is 4.74 Å². The van der Waals surface area contributed by atoms with Crippen LogP contribution in [0.1, 0.15) is 48.9 Å². The van der Waals surface area contributed by atoms with Gasteiger partial charge in [0, 0.05) is 16.7 Å².